The van der Waals surface area contributed by atoms with Crippen LogP contribution in [0.1, 0.15) is 9.67 Å². The highest BCUT2D eigenvalue weighted by Gasteiger charge is 2.11. The van der Waals surface area contributed by atoms with E-state index in [1.807, 2.05) is 41.8 Å². The number of carbonyl (C=O) groups is 1. The summed E-state index contributed by atoms with van der Waals surface area (Å²) in [5.74, 6) is -0.145. The molecular formula is C19H12ClN3OS. The molecule has 1 N–H and O–H groups in total. The maximum Gasteiger partial charge on any atom is 0.265 e. The van der Waals surface area contributed by atoms with E-state index >= 15 is 0 Å². The zero-order valence-corrected chi connectivity index (χ0v) is 14.5. The number of hydrogen-bond donors (Lipinski definition) is 1. The first-order valence-corrected chi connectivity index (χ1v) is 8.83. The number of aromatic nitrogens is 2. The van der Waals surface area contributed by atoms with E-state index < -0.39 is 0 Å². The van der Waals surface area contributed by atoms with Crippen molar-refractivity contribution in [2.45, 2.75) is 0 Å². The maximum absolute atomic E-state index is 12.2. The summed E-state index contributed by atoms with van der Waals surface area (Å²) in [6.45, 7) is 0. The van der Waals surface area contributed by atoms with Gasteiger partial charge in [0.25, 0.3) is 5.91 Å². The largest absolute Gasteiger partial charge is 0.321 e. The minimum Gasteiger partial charge on any atom is -0.321 e. The van der Waals surface area contributed by atoms with Crippen LogP contribution in [-0.4, -0.2) is 15.9 Å². The number of carbonyl (C=O) groups excluding carboxylic acids is 1. The Hall–Kier alpha value is -2.76. The molecule has 0 aliphatic carbocycles. The molecule has 2 heterocycles. The highest BCUT2D eigenvalue weighted by molar-refractivity contribution is 7.12. The summed E-state index contributed by atoms with van der Waals surface area (Å²) in [6, 6.07) is 16.6. The van der Waals surface area contributed by atoms with Gasteiger partial charge < -0.3 is 5.32 Å². The van der Waals surface area contributed by atoms with E-state index in [1.165, 1.54) is 11.3 Å². The Morgan fingerprint density at radius 2 is 1.88 bits per heavy atom. The lowest BCUT2D eigenvalue weighted by Gasteiger charge is -2.09. The van der Waals surface area contributed by atoms with Crippen LogP contribution in [0, 0.1) is 0 Å². The number of nitrogens with zero attached hydrogens (tertiary/aromatic N) is 2. The third-order valence-corrected chi connectivity index (χ3v) is 4.89. The van der Waals surface area contributed by atoms with E-state index in [0.29, 0.717) is 21.3 Å². The van der Waals surface area contributed by atoms with Crippen molar-refractivity contribution in [2.24, 2.45) is 0 Å². The van der Waals surface area contributed by atoms with Crippen LogP contribution in [-0.2, 0) is 0 Å². The third kappa shape index (κ3) is 3.24. The molecule has 0 atom stereocenters. The van der Waals surface area contributed by atoms with Gasteiger partial charge >= 0.3 is 0 Å². The van der Waals surface area contributed by atoms with Crippen molar-refractivity contribution in [1.82, 2.24) is 9.97 Å². The van der Waals surface area contributed by atoms with Crippen molar-refractivity contribution in [2.75, 3.05) is 5.32 Å². The Morgan fingerprint density at radius 3 is 2.68 bits per heavy atom. The fourth-order valence-electron chi connectivity index (χ4n) is 2.49. The fourth-order valence-corrected chi connectivity index (χ4v) is 3.32. The standard InChI is InChI=1S/C19H12ClN3OS/c20-14-8-7-12(22-19(24)18-6-3-9-25-18)10-13(14)17-11-21-15-4-1-2-5-16(15)23-17/h1-11H,(H,22,24). The number of fused-ring (bicyclic) bond motifs is 1. The number of amides is 1. The maximum atomic E-state index is 12.2. The second kappa shape index (κ2) is 6.63. The van der Waals surface area contributed by atoms with Gasteiger partial charge in [-0.3, -0.25) is 9.78 Å². The number of para-hydroxylation sites is 2. The first-order chi connectivity index (χ1) is 12.2. The lowest BCUT2D eigenvalue weighted by atomic mass is 10.1. The van der Waals surface area contributed by atoms with Crippen LogP contribution in [0.2, 0.25) is 5.02 Å². The van der Waals surface area contributed by atoms with E-state index in [4.69, 9.17) is 11.6 Å². The van der Waals surface area contributed by atoms with Crippen molar-refractivity contribution in [3.8, 4) is 11.3 Å². The zero-order chi connectivity index (χ0) is 17.2. The smallest absolute Gasteiger partial charge is 0.265 e. The normalized spacial score (nSPS) is 10.8. The van der Waals surface area contributed by atoms with Crippen LogP contribution >= 0.6 is 22.9 Å². The second-order valence-corrected chi connectivity index (χ2v) is 6.72. The average Bonchev–Trinajstić information content (AvgIpc) is 3.18. The van der Waals surface area contributed by atoms with Gasteiger partial charge in [-0.15, -0.1) is 11.3 Å². The van der Waals surface area contributed by atoms with E-state index in [0.717, 1.165) is 16.6 Å². The first-order valence-electron chi connectivity index (χ1n) is 7.57. The Labute approximate surface area is 153 Å². The van der Waals surface area contributed by atoms with Crippen LogP contribution in [0.15, 0.2) is 66.2 Å². The Balaban J connectivity index is 1.70. The quantitative estimate of drug-likeness (QED) is 0.538. The molecule has 0 radical (unpaired) electrons. The summed E-state index contributed by atoms with van der Waals surface area (Å²) < 4.78 is 0. The van der Waals surface area contributed by atoms with Gasteiger partial charge in [-0.2, -0.15) is 0 Å². The van der Waals surface area contributed by atoms with Crippen molar-refractivity contribution >= 4 is 45.6 Å². The molecule has 0 aliphatic heterocycles. The Kier molecular flexibility index (Phi) is 4.17. The Bertz CT molecular complexity index is 1060. The number of rotatable bonds is 3. The van der Waals surface area contributed by atoms with Crippen LogP contribution in [0.4, 0.5) is 5.69 Å². The van der Waals surface area contributed by atoms with E-state index in [-0.39, 0.29) is 5.91 Å². The van der Waals surface area contributed by atoms with Crippen molar-refractivity contribution in [3.63, 3.8) is 0 Å². The van der Waals surface area contributed by atoms with Crippen molar-refractivity contribution in [1.29, 1.82) is 0 Å². The molecular weight excluding hydrogens is 354 g/mol. The highest BCUT2D eigenvalue weighted by atomic mass is 35.5. The lowest BCUT2D eigenvalue weighted by Crippen LogP contribution is -2.10. The predicted molar refractivity (Wildman–Crippen MR) is 102 cm³/mol. The number of anilines is 1. The van der Waals surface area contributed by atoms with Crippen LogP contribution in [0.5, 0.6) is 0 Å². The molecule has 25 heavy (non-hydrogen) atoms. The van der Waals surface area contributed by atoms with Gasteiger partial charge in [0, 0.05) is 11.3 Å². The minimum atomic E-state index is -0.145. The number of benzene rings is 2. The number of thiophene rings is 1. The molecule has 0 saturated carbocycles. The average molecular weight is 366 g/mol. The highest BCUT2D eigenvalue weighted by Crippen LogP contribution is 2.30. The zero-order valence-electron chi connectivity index (χ0n) is 12.9. The van der Waals surface area contributed by atoms with Crippen molar-refractivity contribution in [3.05, 3.63) is 76.1 Å². The molecule has 122 valence electrons. The second-order valence-electron chi connectivity index (χ2n) is 5.37. The lowest BCUT2D eigenvalue weighted by molar-refractivity contribution is 0.103. The Morgan fingerprint density at radius 1 is 1.04 bits per heavy atom. The van der Waals surface area contributed by atoms with E-state index in [9.17, 15) is 4.79 Å². The number of hydrogen-bond acceptors (Lipinski definition) is 4. The number of halogens is 1. The summed E-state index contributed by atoms with van der Waals surface area (Å²) in [5, 5.41) is 5.31. The van der Waals surface area contributed by atoms with Crippen LogP contribution in [0.25, 0.3) is 22.3 Å². The van der Waals surface area contributed by atoms with E-state index in [1.54, 1.807) is 24.4 Å². The molecule has 1 amide bonds. The van der Waals surface area contributed by atoms with Gasteiger partial charge in [-0.1, -0.05) is 29.8 Å². The third-order valence-electron chi connectivity index (χ3n) is 3.69. The molecule has 0 saturated heterocycles. The van der Waals surface area contributed by atoms with Gasteiger partial charge in [-0.05, 0) is 41.8 Å². The van der Waals surface area contributed by atoms with Gasteiger partial charge in [0.1, 0.15) is 0 Å². The first kappa shape index (κ1) is 15.7. The summed E-state index contributed by atoms with van der Waals surface area (Å²) in [5.41, 5.74) is 3.67. The molecule has 0 bridgehead atoms. The molecule has 2 aromatic heterocycles. The molecule has 4 aromatic rings. The molecule has 0 spiro atoms. The van der Waals surface area contributed by atoms with Gasteiger partial charge in [-0.25, -0.2) is 4.98 Å². The van der Waals surface area contributed by atoms with Crippen LogP contribution in [0.3, 0.4) is 0 Å². The number of nitrogens with one attached hydrogen (secondary N) is 1. The molecule has 0 fully saturated rings. The molecule has 2 aromatic carbocycles. The van der Waals surface area contributed by atoms with E-state index in [2.05, 4.69) is 15.3 Å². The van der Waals surface area contributed by atoms with Gasteiger partial charge in [0.15, 0.2) is 0 Å². The molecule has 4 rings (SSSR count). The molecule has 0 unspecified atom stereocenters. The molecule has 6 heteroatoms. The monoisotopic (exact) mass is 365 g/mol. The molecule has 4 nitrogen and oxygen atoms in total. The summed E-state index contributed by atoms with van der Waals surface area (Å²) in [7, 11) is 0. The fraction of sp³-hybridized carbons (Fsp3) is 0. The molecule has 0 aliphatic rings. The van der Waals surface area contributed by atoms with Crippen molar-refractivity contribution < 1.29 is 4.79 Å². The summed E-state index contributed by atoms with van der Waals surface area (Å²) in [6.07, 6.45) is 1.69. The summed E-state index contributed by atoms with van der Waals surface area (Å²) >= 11 is 7.73. The minimum absolute atomic E-state index is 0.145. The summed E-state index contributed by atoms with van der Waals surface area (Å²) in [4.78, 5) is 21.9. The van der Waals surface area contributed by atoms with Crippen LogP contribution < -0.4 is 5.32 Å². The predicted octanol–water partition coefficient (Wildman–Crippen LogP) is 5.26. The van der Waals surface area contributed by atoms with Gasteiger partial charge in [0.05, 0.1) is 32.8 Å². The van der Waals surface area contributed by atoms with Gasteiger partial charge in [0.2, 0.25) is 0 Å². The topological polar surface area (TPSA) is 54.9 Å². The SMILES string of the molecule is O=C(Nc1ccc(Cl)c(-c2cnc3ccccc3n2)c1)c1cccs1.